The van der Waals surface area contributed by atoms with E-state index < -0.39 is 28.6 Å². The largest absolute Gasteiger partial charge is 0.416 e. The van der Waals surface area contributed by atoms with Gasteiger partial charge in [-0.3, -0.25) is 14.9 Å². The van der Waals surface area contributed by atoms with Crippen molar-refractivity contribution in [2.45, 2.75) is 25.7 Å². The maximum Gasteiger partial charge on any atom is 0.416 e. The van der Waals surface area contributed by atoms with Crippen LogP contribution < -0.4 is 10.2 Å². The van der Waals surface area contributed by atoms with Crippen LogP contribution >= 0.6 is 0 Å². The van der Waals surface area contributed by atoms with Crippen LogP contribution in [-0.2, 0) is 17.5 Å². The number of rotatable bonds is 6. The van der Waals surface area contributed by atoms with Crippen LogP contribution in [0, 0.1) is 10.1 Å². The number of halogens is 3. The molecule has 0 radical (unpaired) electrons. The molecule has 0 heterocycles. The standard InChI is InChI=1S/C18H18F3N3O3/c1-12(17(25)22-15-5-3-4-6-16(15)24(26)27)23(2)11-13-7-9-14(10-8-13)18(19,20)21/h3-10,12H,11H2,1-2H3,(H,22,25)/p+1/t12-/m0/s1. The zero-order valence-corrected chi connectivity index (χ0v) is 14.7. The fourth-order valence-electron chi connectivity index (χ4n) is 2.49. The number of carbonyl (C=O) groups excluding carboxylic acids is 1. The Morgan fingerprint density at radius 2 is 1.78 bits per heavy atom. The molecule has 0 fully saturated rings. The van der Waals surface area contributed by atoms with Crippen LogP contribution in [0.15, 0.2) is 48.5 Å². The van der Waals surface area contributed by atoms with Crippen molar-refractivity contribution in [1.29, 1.82) is 0 Å². The molecular formula is C18H19F3N3O3+. The van der Waals surface area contributed by atoms with Crippen LogP contribution in [0.3, 0.4) is 0 Å². The third-order valence-electron chi connectivity index (χ3n) is 4.26. The molecule has 1 unspecified atom stereocenters. The van der Waals surface area contributed by atoms with Crippen LogP contribution in [0.5, 0.6) is 0 Å². The summed E-state index contributed by atoms with van der Waals surface area (Å²) in [5, 5.41) is 13.6. The monoisotopic (exact) mass is 382 g/mol. The van der Waals surface area contributed by atoms with Crippen molar-refractivity contribution in [2.75, 3.05) is 12.4 Å². The molecule has 27 heavy (non-hydrogen) atoms. The van der Waals surface area contributed by atoms with Crippen LogP contribution in [0.1, 0.15) is 18.1 Å². The second kappa shape index (κ2) is 8.17. The van der Waals surface area contributed by atoms with Gasteiger partial charge in [-0.2, -0.15) is 13.2 Å². The number of alkyl halides is 3. The third kappa shape index (κ3) is 5.27. The average molecular weight is 382 g/mol. The molecule has 0 bridgehead atoms. The van der Waals surface area contributed by atoms with Crippen LogP contribution in [0.4, 0.5) is 24.5 Å². The Morgan fingerprint density at radius 3 is 2.33 bits per heavy atom. The number of likely N-dealkylation sites (N-methyl/N-ethyl adjacent to an activating group) is 1. The van der Waals surface area contributed by atoms with E-state index in [4.69, 9.17) is 0 Å². The van der Waals surface area contributed by atoms with Crippen LogP contribution in [0.25, 0.3) is 0 Å². The van der Waals surface area contributed by atoms with Gasteiger partial charge in [0, 0.05) is 11.6 Å². The first-order chi connectivity index (χ1) is 12.6. The number of nitro groups is 1. The molecule has 0 aromatic heterocycles. The number of quaternary nitrogens is 1. The topological polar surface area (TPSA) is 76.7 Å². The lowest BCUT2D eigenvalue weighted by atomic mass is 10.1. The molecule has 2 N–H and O–H groups in total. The lowest BCUT2D eigenvalue weighted by Gasteiger charge is -2.21. The van der Waals surface area contributed by atoms with Crippen molar-refractivity contribution in [2.24, 2.45) is 0 Å². The van der Waals surface area contributed by atoms with Crippen molar-refractivity contribution in [3.05, 3.63) is 69.8 Å². The van der Waals surface area contributed by atoms with E-state index in [1.807, 2.05) is 0 Å². The van der Waals surface area contributed by atoms with Crippen molar-refractivity contribution >= 4 is 17.3 Å². The molecule has 2 rings (SSSR count). The van der Waals surface area contributed by atoms with E-state index in [0.717, 1.165) is 17.0 Å². The second-order valence-corrected chi connectivity index (χ2v) is 6.20. The average Bonchev–Trinajstić information content (AvgIpc) is 2.61. The summed E-state index contributed by atoms with van der Waals surface area (Å²) in [6.07, 6.45) is -4.39. The van der Waals surface area contributed by atoms with Gasteiger partial charge < -0.3 is 10.2 Å². The first-order valence-corrected chi connectivity index (χ1v) is 8.12. The lowest BCUT2D eigenvalue weighted by molar-refractivity contribution is -0.907. The molecule has 6 nitrogen and oxygen atoms in total. The van der Waals surface area contributed by atoms with Gasteiger partial charge in [0.15, 0.2) is 6.04 Å². The van der Waals surface area contributed by atoms with E-state index in [9.17, 15) is 28.1 Å². The Hall–Kier alpha value is -2.94. The molecule has 2 atom stereocenters. The summed E-state index contributed by atoms with van der Waals surface area (Å²) < 4.78 is 37.8. The molecular weight excluding hydrogens is 363 g/mol. The number of benzene rings is 2. The van der Waals surface area contributed by atoms with Crippen molar-refractivity contribution in [3.63, 3.8) is 0 Å². The molecule has 2 aromatic rings. The Labute approximate surface area is 153 Å². The summed E-state index contributed by atoms with van der Waals surface area (Å²) in [6, 6.07) is 9.98. The van der Waals surface area contributed by atoms with E-state index in [0.29, 0.717) is 12.1 Å². The highest BCUT2D eigenvalue weighted by Crippen LogP contribution is 2.29. The number of anilines is 1. The molecule has 0 aliphatic rings. The third-order valence-corrected chi connectivity index (χ3v) is 4.26. The first-order valence-electron chi connectivity index (χ1n) is 8.12. The summed E-state index contributed by atoms with van der Waals surface area (Å²) in [4.78, 5) is 23.6. The maximum absolute atomic E-state index is 12.6. The Kier molecular flexibility index (Phi) is 6.17. The van der Waals surface area contributed by atoms with Gasteiger partial charge in [0.2, 0.25) is 0 Å². The van der Waals surface area contributed by atoms with Gasteiger partial charge in [-0.05, 0) is 25.1 Å². The van der Waals surface area contributed by atoms with Crippen molar-refractivity contribution in [3.8, 4) is 0 Å². The maximum atomic E-state index is 12.6. The highest BCUT2D eigenvalue weighted by atomic mass is 19.4. The van der Waals surface area contributed by atoms with Crippen molar-refractivity contribution < 1.29 is 27.8 Å². The molecule has 9 heteroatoms. The number of amides is 1. The molecule has 0 saturated heterocycles. The predicted molar refractivity (Wildman–Crippen MR) is 93.2 cm³/mol. The number of nitrogens with zero attached hydrogens (tertiary/aromatic N) is 1. The molecule has 0 aliphatic heterocycles. The number of nitro benzene ring substituents is 1. The number of carbonyl (C=O) groups is 1. The van der Waals surface area contributed by atoms with Gasteiger partial charge in [0.05, 0.1) is 17.5 Å². The van der Waals surface area contributed by atoms with Gasteiger partial charge in [-0.25, -0.2) is 0 Å². The Bertz CT molecular complexity index is 823. The summed E-state index contributed by atoms with van der Waals surface area (Å²) >= 11 is 0. The Morgan fingerprint density at radius 1 is 1.19 bits per heavy atom. The smallest absolute Gasteiger partial charge is 0.324 e. The minimum absolute atomic E-state index is 0.0988. The zero-order valence-electron chi connectivity index (χ0n) is 14.7. The van der Waals surface area contributed by atoms with E-state index in [1.54, 1.807) is 20.0 Å². The fraction of sp³-hybridized carbons (Fsp3) is 0.278. The van der Waals surface area contributed by atoms with E-state index in [1.165, 1.54) is 30.3 Å². The predicted octanol–water partition coefficient (Wildman–Crippen LogP) is 2.66. The highest BCUT2D eigenvalue weighted by molar-refractivity contribution is 5.95. The number of para-hydroxylation sites is 2. The molecule has 0 saturated carbocycles. The van der Waals surface area contributed by atoms with Gasteiger partial charge in [0.25, 0.3) is 11.6 Å². The molecule has 1 amide bonds. The highest BCUT2D eigenvalue weighted by Gasteiger charge is 2.30. The summed E-state index contributed by atoms with van der Waals surface area (Å²) in [6.45, 7) is 1.97. The normalized spacial score (nSPS) is 13.7. The molecule has 0 spiro atoms. The van der Waals surface area contributed by atoms with Gasteiger partial charge in [0.1, 0.15) is 12.2 Å². The van der Waals surface area contributed by atoms with Crippen LogP contribution in [0.2, 0.25) is 0 Å². The number of nitrogens with one attached hydrogen (secondary N) is 2. The van der Waals surface area contributed by atoms with Gasteiger partial charge >= 0.3 is 6.18 Å². The van der Waals surface area contributed by atoms with E-state index in [2.05, 4.69) is 5.32 Å². The lowest BCUT2D eigenvalue weighted by Crippen LogP contribution is -3.12. The minimum Gasteiger partial charge on any atom is -0.324 e. The first kappa shape index (κ1) is 20.4. The van der Waals surface area contributed by atoms with Gasteiger partial charge in [-0.1, -0.05) is 24.3 Å². The fourth-order valence-corrected chi connectivity index (χ4v) is 2.49. The summed E-state index contributed by atoms with van der Waals surface area (Å²) in [5.74, 6) is -0.422. The summed E-state index contributed by atoms with van der Waals surface area (Å²) in [7, 11) is 1.72. The summed E-state index contributed by atoms with van der Waals surface area (Å²) in [5.41, 5.74) is -0.197. The zero-order chi connectivity index (χ0) is 20.2. The van der Waals surface area contributed by atoms with E-state index >= 15 is 0 Å². The number of hydrogen-bond acceptors (Lipinski definition) is 3. The van der Waals surface area contributed by atoms with Gasteiger partial charge in [-0.15, -0.1) is 0 Å². The SMILES string of the molecule is C[C@@H](C(=O)Nc1ccccc1[N+](=O)[O-])[NH+](C)Cc1ccc(C(F)(F)F)cc1. The Balaban J connectivity index is 2.03. The second-order valence-electron chi connectivity index (χ2n) is 6.20. The molecule has 0 aliphatic carbocycles. The van der Waals surface area contributed by atoms with Crippen LogP contribution in [-0.4, -0.2) is 23.9 Å². The van der Waals surface area contributed by atoms with E-state index in [-0.39, 0.29) is 11.4 Å². The van der Waals surface area contributed by atoms with Crippen molar-refractivity contribution in [1.82, 2.24) is 0 Å². The molecule has 2 aromatic carbocycles. The number of hydrogen-bond donors (Lipinski definition) is 2. The minimum atomic E-state index is -4.39. The quantitative estimate of drug-likeness (QED) is 0.596. The molecule has 144 valence electrons.